The van der Waals surface area contributed by atoms with Crippen LogP contribution in [0.1, 0.15) is 29.5 Å². The molecule has 2 aliphatic carbocycles. The van der Waals surface area contributed by atoms with Gasteiger partial charge in [0, 0.05) is 0 Å². The number of benzene rings is 1. The average Bonchev–Trinajstić information content (AvgIpc) is 3.21. The Morgan fingerprint density at radius 3 is 1.96 bits per heavy atom. The van der Waals surface area contributed by atoms with E-state index in [9.17, 15) is 0 Å². The summed E-state index contributed by atoms with van der Waals surface area (Å²) in [4.78, 5) is 0. The van der Waals surface area contributed by atoms with E-state index in [0.29, 0.717) is 0 Å². The van der Waals surface area contributed by atoms with Crippen LogP contribution in [-0.4, -0.2) is 0 Å². The standard InChI is InChI=1S/C11H13.2C5H5.ClH.Zr/c1-4-5-11-8-9(2)6-7-10(11)3;2*1-2-4-5-3-1;;/h4-8H,1H2,2-3H3;2*1-3H,4H2;1H;/q3*-1;;+4/p-1. The fraction of sp³-hybridized carbons (Fsp3) is 0.190. The maximum atomic E-state index is 3.67. The van der Waals surface area contributed by atoms with Gasteiger partial charge in [0.2, 0.25) is 0 Å². The van der Waals surface area contributed by atoms with Crippen LogP contribution < -0.4 is 12.4 Å². The van der Waals surface area contributed by atoms with Gasteiger partial charge in [-0.3, -0.25) is 12.2 Å². The average molecular weight is 402 g/mol. The molecule has 0 saturated heterocycles. The number of rotatable bonds is 2. The smallest absolute Gasteiger partial charge is 1.00 e. The molecule has 0 bridgehead atoms. The molecule has 0 aliphatic heterocycles. The maximum Gasteiger partial charge on any atom is 4.00 e. The summed E-state index contributed by atoms with van der Waals surface area (Å²) in [5.41, 5.74) is 3.86. The van der Waals surface area contributed by atoms with Gasteiger partial charge in [0.1, 0.15) is 0 Å². The molecule has 1 aromatic rings. The van der Waals surface area contributed by atoms with Crippen LogP contribution in [0.4, 0.5) is 0 Å². The van der Waals surface area contributed by atoms with Crippen molar-refractivity contribution in [3.8, 4) is 0 Å². The van der Waals surface area contributed by atoms with Gasteiger partial charge in [-0.05, 0) is 6.92 Å². The normalized spacial score (nSPS) is 12.1. The van der Waals surface area contributed by atoms with Crippen LogP contribution in [0.25, 0.3) is 0 Å². The van der Waals surface area contributed by atoms with E-state index in [2.05, 4.69) is 62.9 Å². The molecule has 0 radical (unpaired) electrons. The van der Waals surface area contributed by atoms with Crippen LogP contribution in [0.15, 0.2) is 67.3 Å². The van der Waals surface area contributed by atoms with Gasteiger partial charge in [0.05, 0.1) is 0 Å². The Morgan fingerprint density at radius 2 is 1.61 bits per heavy atom. The molecule has 3 rings (SSSR count). The summed E-state index contributed by atoms with van der Waals surface area (Å²) in [5.74, 6) is 0. The van der Waals surface area contributed by atoms with Gasteiger partial charge in [-0.25, -0.2) is 24.3 Å². The van der Waals surface area contributed by atoms with Crippen molar-refractivity contribution in [2.45, 2.75) is 26.7 Å². The van der Waals surface area contributed by atoms with Gasteiger partial charge in [-0.2, -0.15) is 24.8 Å². The van der Waals surface area contributed by atoms with E-state index in [-0.39, 0.29) is 38.6 Å². The van der Waals surface area contributed by atoms with Crippen LogP contribution in [0.2, 0.25) is 0 Å². The minimum absolute atomic E-state index is 0. The van der Waals surface area contributed by atoms with Crippen molar-refractivity contribution < 1.29 is 38.6 Å². The zero-order valence-electron chi connectivity index (χ0n) is 13.9. The van der Waals surface area contributed by atoms with E-state index in [0.717, 1.165) is 12.8 Å². The van der Waals surface area contributed by atoms with Gasteiger partial charge in [-0.1, -0.05) is 18.6 Å². The second-order valence-electron chi connectivity index (χ2n) is 4.77. The zero-order chi connectivity index (χ0) is 15.3. The van der Waals surface area contributed by atoms with Crippen molar-refractivity contribution in [1.29, 1.82) is 0 Å². The topological polar surface area (TPSA) is 0 Å². The summed E-state index contributed by atoms with van der Waals surface area (Å²) in [5, 5.41) is 0. The molecule has 2 heteroatoms. The molecule has 0 amide bonds. The molecule has 1 aromatic carbocycles. The molecular formula is C21H23ClZr. The number of aryl methyl sites for hydroxylation is 2. The number of hydrogen-bond donors (Lipinski definition) is 0. The molecule has 23 heavy (non-hydrogen) atoms. The number of halogens is 1. The first-order valence-electron chi connectivity index (χ1n) is 7.20. The van der Waals surface area contributed by atoms with Crippen LogP contribution in [0.3, 0.4) is 0 Å². The van der Waals surface area contributed by atoms with E-state index in [4.69, 9.17) is 0 Å². The third-order valence-corrected chi connectivity index (χ3v) is 2.90. The van der Waals surface area contributed by atoms with Crippen molar-refractivity contribution in [2.75, 3.05) is 0 Å². The van der Waals surface area contributed by atoms with Gasteiger partial charge in [0.25, 0.3) is 0 Å². The molecule has 0 N–H and O–H groups in total. The number of allylic oxidation sites excluding steroid dienone is 9. The molecule has 0 heterocycles. The Labute approximate surface area is 167 Å². The zero-order valence-corrected chi connectivity index (χ0v) is 17.1. The van der Waals surface area contributed by atoms with Crippen LogP contribution >= 0.6 is 0 Å². The summed E-state index contributed by atoms with van der Waals surface area (Å²) in [6.07, 6.45) is 23.9. The van der Waals surface area contributed by atoms with Crippen LogP contribution in [-0.2, 0) is 26.2 Å². The maximum absolute atomic E-state index is 3.67. The molecule has 0 saturated carbocycles. The van der Waals surface area contributed by atoms with Gasteiger partial charge >= 0.3 is 26.2 Å². The molecular weight excluding hydrogens is 379 g/mol. The quantitative estimate of drug-likeness (QED) is 0.668. The Balaban J connectivity index is 0. The van der Waals surface area contributed by atoms with Crippen molar-refractivity contribution in [3.05, 3.63) is 103 Å². The van der Waals surface area contributed by atoms with E-state index in [1.54, 1.807) is 0 Å². The summed E-state index contributed by atoms with van der Waals surface area (Å²) >= 11 is 0. The third-order valence-electron chi connectivity index (χ3n) is 2.90. The van der Waals surface area contributed by atoms with Gasteiger partial charge in [0.15, 0.2) is 0 Å². The van der Waals surface area contributed by atoms with E-state index < -0.39 is 0 Å². The first-order chi connectivity index (χ1) is 10.2. The SMILES string of the molecule is C=C[CH-]c1cc(C)ccc1C.[C-]1=CC=CC1.[C-]1=CC=CC1.[Cl-].[Zr+4]. The van der Waals surface area contributed by atoms with Crippen molar-refractivity contribution in [2.24, 2.45) is 0 Å². The Bertz CT molecular complexity index is 509. The molecule has 0 nitrogen and oxygen atoms in total. The van der Waals surface area contributed by atoms with E-state index in [1.165, 1.54) is 16.7 Å². The first kappa shape index (κ1) is 24.2. The first-order valence-corrected chi connectivity index (χ1v) is 7.20. The van der Waals surface area contributed by atoms with Gasteiger partial charge < -0.3 is 12.4 Å². The van der Waals surface area contributed by atoms with Crippen molar-refractivity contribution >= 4 is 0 Å². The minimum atomic E-state index is 0. The summed E-state index contributed by atoms with van der Waals surface area (Å²) in [6, 6.07) is 6.41. The summed E-state index contributed by atoms with van der Waals surface area (Å²) < 4.78 is 0. The Morgan fingerprint density at radius 1 is 1.04 bits per heavy atom. The third kappa shape index (κ3) is 12.1. The van der Waals surface area contributed by atoms with Crippen molar-refractivity contribution in [3.63, 3.8) is 0 Å². The fourth-order valence-corrected chi connectivity index (χ4v) is 1.75. The van der Waals surface area contributed by atoms with Gasteiger partial charge in [-0.15, -0.1) is 42.5 Å². The molecule has 0 spiro atoms. The molecule has 2 aliphatic rings. The van der Waals surface area contributed by atoms with Crippen LogP contribution in [0.5, 0.6) is 0 Å². The number of hydrogen-bond acceptors (Lipinski definition) is 0. The van der Waals surface area contributed by atoms with Crippen LogP contribution in [0, 0.1) is 32.4 Å². The molecule has 0 atom stereocenters. The fourth-order valence-electron chi connectivity index (χ4n) is 1.75. The molecule has 0 aromatic heterocycles. The largest absolute Gasteiger partial charge is 4.00 e. The second-order valence-corrected chi connectivity index (χ2v) is 4.77. The molecule has 0 unspecified atom stereocenters. The summed E-state index contributed by atoms with van der Waals surface area (Å²) in [6.45, 7) is 7.87. The predicted octanol–water partition coefficient (Wildman–Crippen LogP) is 2.65. The predicted molar refractivity (Wildman–Crippen MR) is 92.7 cm³/mol. The molecule has 0 fully saturated rings. The molecule has 118 valence electrons. The van der Waals surface area contributed by atoms with E-state index >= 15 is 0 Å². The monoisotopic (exact) mass is 400 g/mol. The second kappa shape index (κ2) is 15.8. The summed E-state index contributed by atoms with van der Waals surface area (Å²) in [7, 11) is 0. The van der Waals surface area contributed by atoms with Crippen molar-refractivity contribution in [1.82, 2.24) is 0 Å². The minimum Gasteiger partial charge on any atom is -1.00 e. The Hall–Kier alpha value is -1.04. The van der Waals surface area contributed by atoms with E-state index in [1.807, 2.05) is 36.8 Å². The Kier molecular flexibility index (Phi) is 16.7.